The molecule has 0 aliphatic carbocycles. The van der Waals surface area contributed by atoms with Gasteiger partial charge < -0.3 is 5.32 Å². The van der Waals surface area contributed by atoms with Crippen LogP contribution in [0.25, 0.3) is 5.69 Å². The minimum Gasteiger partial charge on any atom is -0.302 e. The molecular weight excluding hydrogens is 252 g/mol. The van der Waals surface area contributed by atoms with Crippen LogP contribution in [-0.2, 0) is 6.54 Å². The molecule has 3 rings (SSSR count). The van der Waals surface area contributed by atoms with Crippen molar-refractivity contribution in [3.8, 4) is 5.69 Å². The Kier molecular flexibility index (Phi) is 3.56. The quantitative estimate of drug-likeness (QED) is 0.740. The largest absolute Gasteiger partial charge is 0.302 e. The Hall–Kier alpha value is -2.47. The Balaban J connectivity index is 1.63. The van der Waals surface area contributed by atoms with Crippen LogP contribution in [0.5, 0.6) is 0 Å². The number of aromatic nitrogens is 5. The molecule has 0 radical (unpaired) electrons. The maximum absolute atomic E-state index is 4.54. The second-order valence-corrected chi connectivity index (χ2v) is 4.56. The first kappa shape index (κ1) is 12.6. The lowest BCUT2D eigenvalue weighted by Gasteiger charge is -2.09. The van der Waals surface area contributed by atoms with E-state index in [4.69, 9.17) is 0 Å². The Morgan fingerprint density at radius 1 is 1.25 bits per heavy atom. The summed E-state index contributed by atoms with van der Waals surface area (Å²) in [7, 11) is 0. The van der Waals surface area contributed by atoms with Gasteiger partial charge in [0.2, 0.25) is 0 Å². The van der Waals surface area contributed by atoms with Crippen LogP contribution in [0, 0.1) is 0 Å². The third kappa shape index (κ3) is 2.75. The molecule has 0 bridgehead atoms. The predicted molar refractivity (Wildman–Crippen MR) is 75.2 cm³/mol. The van der Waals surface area contributed by atoms with Gasteiger partial charge in [-0.15, -0.1) is 0 Å². The van der Waals surface area contributed by atoms with E-state index in [2.05, 4.69) is 25.6 Å². The van der Waals surface area contributed by atoms with Gasteiger partial charge >= 0.3 is 0 Å². The molecule has 1 atom stereocenters. The predicted octanol–water partition coefficient (Wildman–Crippen LogP) is 1.84. The lowest BCUT2D eigenvalue weighted by atomic mass is 10.3. The van der Waals surface area contributed by atoms with Crippen molar-refractivity contribution < 1.29 is 0 Å². The van der Waals surface area contributed by atoms with E-state index in [0.717, 1.165) is 17.2 Å². The molecule has 2 N–H and O–H groups in total. The molecule has 6 heteroatoms. The van der Waals surface area contributed by atoms with Gasteiger partial charge in [-0.3, -0.25) is 5.10 Å². The van der Waals surface area contributed by atoms with Crippen LogP contribution in [0.3, 0.4) is 0 Å². The standard InChI is InChI=1S/C14H16N6/c1-11(14-16-10-17-18-14)15-9-12-7-8-20(19-12)13-5-3-2-4-6-13/h2-8,10-11,15H,9H2,1H3,(H,16,17,18). The van der Waals surface area contributed by atoms with Crippen LogP contribution >= 0.6 is 0 Å². The summed E-state index contributed by atoms with van der Waals surface area (Å²) in [6, 6.07) is 12.2. The number of nitrogens with zero attached hydrogens (tertiary/aromatic N) is 4. The summed E-state index contributed by atoms with van der Waals surface area (Å²) in [4.78, 5) is 4.13. The van der Waals surface area contributed by atoms with Crippen LogP contribution < -0.4 is 5.32 Å². The summed E-state index contributed by atoms with van der Waals surface area (Å²) in [6.07, 6.45) is 3.48. The van der Waals surface area contributed by atoms with E-state index in [0.29, 0.717) is 6.54 Å². The molecule has 0 spiro atoms. The molecule has 0 aliphatic rings. The van der Waals surface area contributed by atoms with Crippen molar-refractivity contribution in [2.75, 3.05) is 0 Å². The molecule has 0 saturated heterocycles. The van der Waals surface area contributed by atoms with E-state index in [9.17, 15) is 0 Å². The highest BCUT2D eigenvalue weighted by molar-refractivity contribution is 5.30. The fourth-order valence-corrected chi connectivity index (χ4v) is 1.96. The second-order valence-electron chi connectivity index (χ2n) is 4.56. The molecule has 1 unspecified atom stereocenters. The number of hydrogen-bond donors (Lipinski definition) is 2. The van der Waals surface area contributed by atoms with Crippen molar-refractivity contribution in [2.24, 2.45) is 0 Å². The normalized spacial score (nSPS) is 12.4. The van der Waals surface area contributed by atoms with E-state index in [1.807, 2.05) is 54.2 Å². The maximum Gasteiger partial charge on any atom is 0.141 e. The zero-order valence-electron chi connectivity index (χ0n) is 11.2. The smallest absolute Gasteiger partial charge is 0.141 e. The number of nitrogens with one attached hydrogen (secondary N) is 2. The Bertz CT molecular complexity index is 643. The van der Waals surface area contributed by atoms with Crippen LogP contribution in [0.2, 0.25) is 0 Å². The third-order valence-corrected chi connectivity index (χ3v) is 3.10. The summed E-state index contributed by atoms with van der Waals surface area (Å²) >= 11 is 0. The number of aromatic amines is 1. The van der Waals surface area contributed by atoms with Gasteiger partial charge in [-0.1, -0.05) is 18.2 Å². The number of para-hydroxylation sites is 1. The Labute approximate surface area is 116 Å². The van der Waals surface area contributed by atoms with Crippen molar-refractivity contribution in [3.05, 3.63) is 60.4 Å². The Morgan fingerprint density at radius 2 is 2.10 bits per heavy atom. The van der Waals surface area contributed by atoms with Crippen molar-refractivity contribution >= 4 is 0 Å². The monoisotopic (exact) mass is 268 g/mol. The molecular formula is C14H16N6. The highest BCUT2D eigenvalue weighted by Gasteiger charge is 2.08. The second kappa shape index (κ2) is 5.66. The minimum atomic E-state index is 0.111. The fraction of sp³-hybridized carbons (Fsp3) is 0.214. The summed E-state index contributed by atoms with van der Waals surface area (Å²) in [6.45, 7) is 2.72. The van der Waals surface area contributed by atoms with Crippen LogP contribution in [0.1, 0.15) is 24.5 Å². The average Bonchev–Trinajstić information content (AvgIpc) is 3.17. The molecule has 0 amide bonds. The lowest BCUT2D eigenvalue weighted by Crippen LogP contribution is -2.19. The molecule has 0 saturated carbocycles. The van der Waals surface area contributed by atoms with Crippen molar-refractivity contribution in [3.63, 3.8) is 0 Å². The minimum absolute atomic E-state index is 0.111. The number of benzene rings is 1. The summed E-state index contributed by atoms with van der Waals surface area (Å²) in [5.41, 5.74) is 2.04. The molecule has 2 aromatic heterocycles. The number of hydrogen-bond acceptors (Lipinski definition) is 4. The summed E-state index contributed by atoms with van der Waals surface area (Å²) < 4.78 is 1.87. The molecule has 20 heavy (non-hydrogen) atoms. The average molecular weight is 268 g/mol. The Morgan fingerprint density at radius 3 is 2.85 bits per heavy atom. The SMILES string of the molecule is CC(NCc1ccn(-c2ccccc2)n1)c1ncn[nH]1. The molecule has 2 heterocycles. The molecule has 3 aromatic rings. The van der Waals surface area contributed by atoms with E-state index in [1.54, 1.807) is 0 Å². The van der Waals surface area contributed by atoms with Gasteiger partial charge in [0.25, 0.3) is 0 Å². The molecule has 102 valence electrons. The van der Waals surface area contributed by atoms with Gasteiger partial charge in [-0.2, -0.15) is 10.2 Å². The van der Waals surface area contributed by atoms with E-state index in [1.165, 1.54) is 6.33 Å². The van der Waals surface area contributed by atoms with Crippen molar-refractivity contribution in [1.29, 1.82) is 0 Å². The lowest BCUT2D eigenvalue weighted by molar-refractivity contribution is 0.540. The maximum atomic E-state index is 4.54. The van der Waals surface area contributed by atoms with E-state index < -0.39 is 0 Å². The third-order valence-electron chi connectivity index (χ3n) is 3.10. The van der Waals surface area contributed by atoms with Gasteiger partial charge in [0.1, 0.15) is 12.2 Å². The van der Waals surface area contributed by atoms with Crippen LogP contribution in [0.15, 0.2) is 48.9 Å². The topological polar surface area (TPSA) is 71.4 Å². The van der Waals surface area contributed by atoms with Crippen LogP contribution in [0.4, 0.5) is 0 Å². The first-order chi connectivity index (χ1) is 9.83. The highest BCUT2D eigenvalue weighted by Crippen LogP contribution is 2.09. The van der Waals surface area contributed by atoms with E-state index in [-0.39, 0.29) is 6.04 Å². The zero-order valence-corrected chi connectivity index (χ0v) is 11.2. The van der Waals surface area contributed by atoms with Gasteiger partial charge in [0, 0.05) is 12.7 Å². The molecule has 0 aliphatic heterocycles. The summed E-state index contributed by atoms with van der Waals surface area (Å²) in [5.74, 6) is 0.826. The van der Waals surface area contributed by atoms with Crippen molar-refractivity contribution in [1.82, 2.24) is 30.3 Å². The van der Waals surface area contributed by atoms with Gasteiger partial charge in [-0.05, 0) is 25.1 Å². The zero-order chi connectivity index (χ0) is 13.8. The van der Waals surface area contributed by atoms with Gasteiger partial charge in [0.05, 0.1) is 17.4 Å². The summed E-state index contributed by atoms with van der Waals surface area (Å²) in [5, 5.41) is 14.6. The van der Waals surface area contributed by atoms with E-state index >= 15 is 0 Å². The molecule has 0 fully saturated rings. The van der Waals surface area contributed by atoms with Gasteiger partial charge in [-0.25, -0.2) is 9.67 Å². The number of rotatable bonds is 5. The van der Waals surface area contributed by atoms with Crippen LogP contribution in [-0.4, -0.2) is 25.0 Å². The first-order valence-corrected chi connectivity index (χ1v) is 6.51. The molecule has 1 aromatic carbocycles. The highest BCUT2D eigenvalue weighted by atomic mass is 15.3. The number of H-pyrrole nitrogens is 1. The first-order valence-electron chi connectivity index (χ1n) is 6.51. The molecule has 6 nitrogen and oxygen atoms in total. The van der Waals surface area contributed by atoms with Crippen molar-refractivity contribution in [2.45, 2.75) is 19.5 Å². The fourth-order valence-electron chi connectivity index (χ4n) is 1.96. The van der Waals surface area contributed by atoms with Gasteiger partial charge in [0.15, 0.2) is 0 Å².